The second-order valence-electron chi connectivity index (χ2n) is 7.66. The minimum Gasteiger partial charge on any atom is -0.494 e. The Hall–Kier alpha value is -2.36. The van der Waals surface area contributed by atoms with E-state index in [9.17, 15) is 14.3 Å². The normalized spacial score (nSPS) is 20.0. The van der Waals surface area contributed by atoms with E-state index in [0.29, 0.717) is 12.1 Å². The summed E-state index contributed by atoms with van der Waals surface area (Å²) in [4.78, 5) is 11.9. The summed E-state index contributed by atoms with van der Waals surface area (Å²) in [5, 5.41) is 20.0. The molecule has 0 aliphatic carbocycles. The Labute approximate surface area is 179 Å². The highest BCUT2D eigenvalue weighted by molar-refractivity contribution is 5.99. The van der Waals surface area contributed by atoms with Gasteiger partial charge in [-0.3, -0.25) is 0 Å². The molecule has 3 N–H and O–H groups in total. The zero-order chi connectivity index (χ0) is 20.4. The molecule has 3 heterocycles. The van der Waals surface area contributed by atoms with Crippen LogP contribution in [-0.2, 0) is 4.74 Å². The van der Waals surface area contributed by atoms with Gasteiger partial charge in [-0.2, -0.15) is 0 Å². The van der Waals surface area contributed by atoms with E-state index in [1.165, 1.54) is 25.3 Å². The predicted molar refractivity (Wildman–Crippen MR) is 110 cm³/mol. The first kappa shape index (κ1) is 22.3. The van der Waals surface area contributed by atoms with Gasteiger partial charge in [-0.1, -0.05) is 5.16 Å². The first-order valence-electron chi connectivity index (χ1n) is 9.64. The molecule has 1 aromatic heterocycles. The lowest BCUT2D eigenvalue weighted by Gasteiger charge is -2.32. The highest BCUT2D eigenvalue weighted by atomic mass is 35.5. The van der Waals surface area contributed by atoms with Gasteiger partial charge < -0.3 is 29.7 Å². The van der Waals surface area contributed by atoms with Crippen LogP contribution in [0.4, 0.5) is 10.2 Å². The molecule has 2 fully saturated rings. The van der Waals surface area contributed by atoms with Crippen LogP contribution in [0.3, 0.4) is 0 Å². The van der Waals surface area contributed by atoms with Gasteiger partial charge in [0.25, 0.3) is 0 Å². The number of carboxylic acid groups (broad SMARTS) is 1. The number of methoxy groups -OCH3 is 1. The molecule has 8 nitrogen and oxygen atoms in total. The molecule has 1 spiro atoms. The fourth-order valence-electron chi connectivity index (χ4n) is 4.15. The number of hydrogen-bond donors (Lipinski definition) is 3. The van der Waals surface area contributed by atoms with Crippen LogP contribution in [0.1, 0.15) is 29.6 Å². The number of carbonyl (C=O) groups is 1. The second-order valence-corrected chi connectivity index (χ2v) is 7.66. The second kappa shape index (κ2) is 9.20. The SMILES string of the molecule is COc1cc(-c2onc(NCC3CC4(CCNCC4)CO3)c2C(=O)O)ccc1F.Cl. The molecular formula is C20H25ClFN3O5. The number of halogens is 2. The molecule has 0 bridgehead atoms. The molecule has 0 radical (unpaired) electrons. The largest absolute Gasteiger partial charge is 0.494 e. The van der Waals surface area contributed by atoms with Gasteiger partial charge in [-0.25, -0.2) is 9.18 Å². The minimum atomic E-state index is -1.19. The summed E-state index contributed by atoms with van der Waals surface area (Å²) in [5.74, 6) is -1.56. The summed E-state index contributed by atoms with van der Waals surface area (Å²) in [5.41, 5.74) is 0.479. The highest BCUT2D eigenvalue weighted by Gasteiger charge is 2.40. The average Bonchev–Trinajstić information content (AvgIpc) is 3.32. The number of hydrogen-bond acceptors (Lipinski definition) is 7. The van der Waals surface area contributed by atoms with Gasteiger partial charge in [0, 0.05) is 12.1 Å². The summed E-state index contributed by atoms with van der Waals surface area (Å²) in [6.07, 6.45) is 3.10. The van der Waals surface area contributed by atoms with Gasteiger partial charge in [0.1, 0.15) is 0 Å². The Kier molecular flexibility index (Phi) is 6.84. The summed E-state index contributed by atoms with van der Waals surface area (Å²) >= 11 is 0. The van der Waals surface area contributed by atoms with Gasteiger partial charge in [0.05, 0.1) is 19.8 Å². The van der Waals surface area contributed by atoms with E-state index in [4.69, 9.17) is 14.0 Å². The third-order valence-corrected chi connectivity index (χ3v) is 5.77. The number of aromatic nitrogens is 1. The fourth-order valence-corrected chi connectivity index (χ4v) is 4.15. The zero-order valence-corrected chi connectivity index (χ0v) is 17.4. The van der Waals surface area contributed by atoms with Crippen LogP contribution in [0.2, 0.25) is 0 Å². The lowest BCUT2D eigenvalue weighted by atomic mass is 9.77. The van der Waals surface area contributed by atoms with Crippen molar-refractivity contribution >= 4 is 24.2 Å². The Morgan fingerprint density at radius 1 is 1.43 bits per heavy atom. The molecule has 1 aromatic carbocycles. The smallest absolute Gasteiger partial charge is 0.343 e. The number of nitrogens with zero attached hydrogens (tertiary/aromatic N) is 1. The van der Waals surface area contributed by atoms with E-state index in [1.807, 2.05) is 0 Å². The van der Waals surface area contributed by atoms with Crippen LogP contribution in [0.25, 0.3) is 11.3 Å². The average molecular weight is 442 g/mol. The number of carboxylic acids is 1. The molecule has 1 atom stereocenters. The lowest BCUT2D eigenvalue weighted by molar-refractivity contribution is 0.0697. The van der Waals surface area contributed by atoms with Crippen molar-refractivity contribution in [3.8, 4) is 17.1 Å². The van der Waals surface area contributed by atoms with Gasteiger partial charge >= 0.3 is 5.97 Å². The van der Waals surface area contributed by atoms with Crippen molar-refractivity contribution in [2.45, 2.75) is 25.4 Å². The third kappa shape index (κ3) is 4.38. The van der Waals surface area contributed by atoms with Crippen molar-refractivity contribution in [3.05, 3.63) is 29.6 Å². The molecule has 30 heavy (non-hydrogen) atoms. The van der Waals surface area contributed by atoms with Crippen molar-refractivity contribution in [1.82, 2.24) is 10.5 Å². The topological polar surface area (TPSA) is 106 Å². The van der Waals surface area contributed by atoms with Crippen molar-refractivity contribution in [1.29, 1.82) is 0 Å². The maximum Gasteiger partial charge on any atom is 0.343 e. The van der Waals surface area contributed by atoms with Crippen LogP contribution >= 0.6 is 12.4 Å². The summed E-state index contributed by atoms with van der Waals surface area (Å²) < 4.78 is 29.9. The number of aromatic carboxylic acids is 1. The highest BCUT2D eigenvalue weighted by Crippen LogP contribution is 2.40. The Morgan fingerprint density at radius 3 is 2.90 bits per heavy atom. The maximum atomic E-state index is 13.7. The quantitative estimate of drug-likeness (QED) is 0.627. The summed E-state index contributed by atoms with van der Waals surface area (Å²) in [6.45, 7) is 3.17. The van der Waals surface area contributed by atoms with Gasteiger partial charge in [0.15, 0.2) is 28.7 Å². The van der Waals surface area contributed by atoms with Crippen LogP contribution in [0.5, 0.6) is 5.75 Å². The maximum absolute atomic E-state index is 13.7. The van der Waals surface area contributed by atoms with Gasteiger partial charge in [0.2, 0.25) is 0 Å². The number of anilines is 1. The lowest BCUT2D eigenvalue weighted by Crippen LogP contribution is -2.37. The predicted octanol–water partition coefficient (Wildman–Crippen LogP) is 3.18. The minimum absolute atomic E-state index is 0. The number of ether oxygens (including phenoxy) is 2. The number of benzene rings is 1. The molecule has 164 valence electrons. The molecule has 2 aliphatic heterocycles. The Morgan fingerprint density at radius 2 is 2.20 bits per heavy atom. The zero-order valence-electron chi connectivity index (χ0n) is 16.6. The first-order chi connectivity index (χ1) is 14.0. The van der Waals surface area contributed by atoms with E-state index in [2.05, 4.69) is 15.8 Å². The third-order valence-electron chi connectivity index (χ3n) is 5.77. The van der Waals surface area contributed by atoms with Crippen LogP contribution in [0, 0.1) is 11.2 Å². The van der Waals surface area contributed by atoms with Crippen LogP contribution in [0.15, 0.2) is 22.7 Å². The van der Waals surface area contributed by atoms with E-state index < -0.39 is 11.8 Å². The number of piperidine rings is 1. The van der Waals surface area contributed by atoms with Crippen molar-refractivity contribution in [2.75, 3.05) is 38.7 Å². The summed E-state index contributed by atoms with van der Waals surface area (Å²) in [7, 11) is 1.34. The van der Waals surface area contributed by atoms with Gasteiger partial charge in [-0.15, -0.1) is 12.4 Å². The van der Waals surface area contributed by atoms with Crippen LogP contribution < -0.4 is 15.4 Å². The molecule has 0 saturated carbocycles. The van der Waals surface area contributed by atoms with E-state index in [-0.39, 0.29) is 46.8 Å². The molecule has 2 aliphatic rings. The van der Waals surface area contributed by atoms with E-state index in [1.54, 1.807) is 0 Å². The molecule has 2 aromatic rings. The van der Waals surface area contributed by atoms with E-state index >= 15 is 0 Å². The molecule has 2 saturated heterocycles. The van der Waals surface area contributed by atoms with Crippen molar-refractivity contribution in [3.63, 3.8) is 0 Å². The van der Waals surface area contributed by atoms with Crippen molar-refractivity contribution < 1.29 is 28.3 Å². The Bertz CT molecular complexity index is 901. The number of nitrogens with one attached hydrogen (secondary N) is 2. The van der Waals surface area contributed by atoms with Crippen LogP contribution in [-0.4, -0.2) is 55.7 Å². The van der Waals surface area contributed by atoms with E-state index in [0.717, 1.165) is 39.0 Å². The number of rotatable bonds is 6. The van der Waals surface area contributed by atoms with Crippen molar-refractivity contribution in [2.24, 2.45) is 5.41 Å². The fraction of sp³-hybridized carbons (Fsp3) is 0.500. The first-order valence-corrected chi connectivity index (χ1v) is 9.64. The molecular weight excluding hydrogens is 417 g/mol. The van der Waals surface area contributed by atoms with Gasteiger partial charge in [-0.05, 0) is 56.0 Å². The Balaban J connectivity index is 0.00000256. The summed E-state index contributed by atoms with van der Waals surface area (Å²) in [6, 6.07) is 4.00. The molecule has 4 rings (SSSR count). The molecule has 10 heteroatoms. The standard InChI is InChI=1S/C20H24FN3O5.ClH/c1-27-15-8-12(2-3-14(15)21)17-16(19(25)26)18(24-29-17)23-10-13-9-20(11-28-13)4-6-22-7-5-20;/h2-3,8,13,22H,4-7,9-11H2,1H3,(H,23,24)(H,25,26);1H. The molecule has 1 unspecified atom stereocenters. The monoisotopic (exact) mass is 441 g/mol. The molecule has 0 amide bonds.